The molecule has 1 unspecified atom stereocenters. The first-order valence-corrected chi connectivity index (χ1v) is 7.90. The van der Waals surface area contributed by atoms with Crippen LogP contribution in [0.3, 0.4) is 0 Å². The number of amides is 1. The third-order valence-corrected chi connectivity index (χ3v) is 4.17. The third-order valence-electron chi connectivity index (χ3n) is 4.17. The van der Waals surface area contributed by atoms with E-state index in [2.05, 4.69) is 0 Å². The average Bonchev–Trinajstić information content (AvgIpc) is 2.90. The maximum Gasteiger partial charge on any atom is 0.412 e. The van der Waals surface area contributed by atoms with E-state index in [9.17, 15) is 9.90 Å². The van der Waals surface area contributed by atoms with Crippen molar-refractivity contribution in [2.75, 3.05) is 6.61 Å². The molecule has 24 heavy (non-hydrogen) atoms. The second kappa shape index (κ2) is 6.53. The zero-order valence-electron chi connectivity index (χ0n) is 13.8. The van der Waals surface area contributed by atoms with Gasteiger partial charge in [0.2, 0.25) is 0 Å². The molecule has 2 aromatic carbocycles. The standard InChI is InChI=1S/C19H21NO4/c1-19(2)20(18(22)23-12-14-6-4-3-5-7-14)17(13-24-19)15-8-10-16(21)11-9-15/h3-11,17,21H,12-13H2,1-2H3. The second-order valence-corrected chi connectivity index (χ2v) is 6.28. The first-order chi connectivity index (χ1) is 11.5. The smallest absolute Gasteiger partial charge is 0.412 e. The van der Waals surface area contributed by atoms with E-state index in [1.165, 1.54) is 0 Å². The van der Waals surface area contributed by atoms with E-state index < -0.39 is 11.8 Å². The maximum absolute atomic E-state index is 12.7. The summed E-state index contributed by atoms with van der Waals surface area (Å²) >= 11 is 0. The minimum absolute atomic E-state index is 0.190. The van der Waals surface area contributed by atoms with Crippen LogP contribution >= 0.6 is 0 Å². The van der Waals surface area contributed by atoms with Gasteiger partial charge < -0.3 is 14.6 Å². The molecule has 1 N–H and O–H groups in total. The van der Waals surface area contributed by atoms with E-state index in [-0.39, 0.29) is 18.4 Å². The monoisotopic (exact) mass is 327 g/mol. The topological polar surface area (TPSA) is 59.0 Å². The molecule has 5 nitrogen and oxygen atoms in total. The van der Waals surface area contributed by atoms with E-state index in [4.69, 9.17) is 9.47 Å². The van der Waals surface area contributed by atoms with Gasteiger partial charge in [-0.15, -0.1) is 0 Å². The van der Waals surface area contributed by atoms with Crippen LogP contribution in [-0.2, 0) is 16.1 Å². The lowest BCUT2D eigenvalue weighted by Gasteiger charge is -2.32. The van der Waals surface area contributed by atoms with Crippen molar-refractivity contribution < 1.29 is 19.4 Å². The van der Waals surface area contributed by atoms with Gasteiger partial charge in [0.1, 0.15) is 18.1 Å². The van der Waals surface area contributed by atoms with Crippen molar-refractivity contribution in [3.8, 4) is 5.75 Å². The Labute approximate surface area is 141 Å². The molecule has 0 spiro atoms. The second-order valence-electron chi connectivity index (χ2n) is 6.28. The van der Waals surface area contributed by atoms with Crippen LogP contribution in [0.2, 0.25) is 0 Å². The van der Waals surface area contributed by atoms with Crippen molar-refractivity contribution in [1.82, 2.24) is 4.90 Å². The summed E-state index contributed by atoms with van der Waals surface area (Å²) < 4.78 is 11.3. The van der Waals surface area contributed by atoms with Gasteiger partial charge in [-0.1, -0.05) is 42.5 Å². The van der Waals surface area contributed by atoms with Crippen molar-refractivity contribution in [2.24, 2.45) is 0 Å². The van der Waals surface area contributed by atoms with E-state index in [0.29, 0.717) is 6.61 Å². The zero-order valence-corrected chi connectivity index (χ0v) is 13.8. The van der Waals surface area contributed by atoms with Crippen molar-refractivity contribution in [2.45, 2.75) is 32.2 Å². The number of carbonyl (C=O) groups excluding carboxylic acids is 1. The predicted octanol–water partition coefficient (Wildman–Crippen LogP) is 3.84. The number of benzene rings is 2. The molecule has 1 saturated heterocycles. The highest BCUT2D eigenvalue weighted by atomic mass is 16.6. The van der Waals surface area contributed by atoms with Crippen LogP contribution in [0.5, 0.6) is 5.75 Å². The Morgan fingerprint density at radius 1 is 1.21 bits per heavy atom. The Hall–Kier alpha value is -2.53. The van der Waals surface area contributed by atoms with Crippen LogP contribution in [-0.4, -0.2) is 28.4 Å². The molecule has 0 aromatic heterocycles. The molecule has 1 aliphatic heterocycles. The number of aromatic hydroxyl groups is 1. The van der Waals surface area contributed by atoms with Gasteiger partial charge in [0.25, 0.3) is 0 Å². The fraction of sp³-hybridized carbons (Fsp3) is 0.316. The maximum atomic E-state index is 12.7. The summed E-state index contributed by atoms with van der Waals surface area (Å²) in [7, 11) is 0. The molecule has 1 heterocycles. The Morgan fingerprint density at radius 3 is 2.54 bits per heavy atom. The molecule has 1 atom stereocenters. The normalized spacial score (nSPS) is 19.2. The first-order valence-electron chi connectivity index (χ1n) is 7.90. The molecular weight excluding hydrogens is 306 g/mol. The minimum Gasteiger partial charge on any atom is -0.508 e. The SMILES string of the molecule is CC1(C)OCC(c2ccc(O)cc2)N1C(=O)OCc1ccccc1. The zero-order chi connectivity index (χ0) is 17.2. The summed E-state index contributed by atoms with van der Waals surface area (Å²) in [4.78, 5) is 14.3. The van der Waals surface area contributed by atoms with Gasteiger partial charge in [0.05, 0.1) is 12.6 Å². The largest absolute Gasteiger partial charge is 0.508 e. The molecule has 5 heteroatoms. The summed E-state index contributed by atoms with van der Waals surface area (Å²) in [5, 5.41) is 9.45. The molecule has 126 valence electrons. The third kappa shape index (κ3) is 3.36. The van der Waals surface area contributed by atoms with Gasteiger partial charge >= 0.3 is 6.09 Å². The lowest BCUT2D eigenvalue weighted by molar-refractivity contribution is -0.0493. The highest BCUT2D eigenvalue weighted by molar-refractivity contribution is 5.69. The Kier molecular flexibility index (Phi) is 4.44. The molecule has 0 aliphatic carbocycles. The summed E-state index contributed by atoms with van der Waals surface area (Å²) in [6.07, 6.45) is -0.417. The predicted molar refractivity (Wildman–Crippen MR) is 89.3 cm³/mol. The van der Waals surface area contributed by atoms with Crippen molar-refractivity contribution >= 4 is 6.09 Å². The van der Waals surface area contributed by atoms with Gasteiger partial charge in [-0.25, -0.2) is 4.79 Å². The number of hydrogen-bond donors (Lipinski definition) is 1. The number of carbonyl (C=O) groups is 1. The van der Waals surface area contributed by atoms with Crippen LogP contribution in [0.25, 0.3) is 0 Å². The highest BCUT2D eigenvalue weighted by Gasteiger charge is 2.45. The van der Waals surface area contributed by atoms with Crippen LogP contribution in [0.1, 0.15) is 31.0 Å². The fourth-order valence-electron chi connectivity index (χ4n) is 2.88. The quantitative estimate of drug-likeness (QED) is 0.930. The van der Waals surface area contributed by atoms with Crippen molar-refractivity contribution in [1.29, 1.82) is 0 Å². The van der Waals surface area contributed by atoms with Crippen LogP contribution < -0.4 is 0 Å². The van der Waals surface area contributed by atoms with Gasteiger partial charge in [-0.3, -0.25) is 4.90 Å². The van der Waals surface area contributed by atoms with E-state index in [0.717, 1.165) is 11.1 Å². The molecule has 0 bridgehead atoms. The summed E-state index contributed by atoms with van der Waals surface area (Å²) in [6, 6.07) is 16.1. The number of ether oxygens (including phenoxy) is 2. The number of hydrogen-bond acceptors (Lipinski definition) is 4. The molecule has 1 fully saturated rings. The number of phenolic OH excluding ortho intramolecular Hbond substituents is 1. The van der Waals surface area contributed by atoms with Gasteiger partial charge in [0.15, 0.2) is 0 Å². The lowest BCUT2D eigenvalue weighted by Crippen LogP contribution is -2.45. The molecular formula is C19H21NO4. The summed E-state index contributed by atoms with van der Waals surface area (Å²) in [5.74, 6) is 0.190. The average molecular weight is 327 g/mol. The minimum atomic E-state index is -0.754. The number of phenols is 1. The molecule has 1 amide bonds. The Bertz CT molecular complexity index is 697. The Balaban J connectivity index is 1.76. The van der Waals surface area contributed by atoms with E-state index >= 15 is 0 Å². The molecule has 1 aliphatic rings. The summed E-state index contributed by atoms with van der Waals surface area (Å²) in [5.41, 5.74) is 1.08. The highest BCUT2D eigenvalue weighted by Crippen LogP contribution is 2.37. The summed E-state index contributed by atoms with van der Waals surface area (Å²) in [6.45, 7) is 4.29. The van der Waals surface area contributed by atoms with Crippen molar-refractivity contribution in [3.05, 3.63) is 65.7 Å². The van der Waals surface area contributed by atoms with E-state index in [1.54, 1.807) is 29.2 Å². The molecule has 2 aromatic rings. The number of nitrogens with zero attached hydrogens (tertiary/aromatic N) is 1. The van der Waals surface area contributed by atoms with Gasteiger partial charge in [0, 0.05) is 0 Å². The number of rotatable bonds is 3. The van der Waals surface area contributed by atoms with Crippen LogP contribution in [0.15, 0.2) is 54.6 Å². The first kappa shape index (κ1) is 16.3. The molecule has 0 radical (unpaired) electrons. The van der Waals surface area contributed by atoms with Crippen LogP contribution in [0, 0.1) is 0 Å². The fourth-order valence-corrected chi connectivity index (χ4v) is 2.88. The van der Waals surface area contributed by atoms with Gasteiger partial charge in [-0.05, 0) is 37.1 Å². The molecule has 0 saturated carbocycles. The van der Waals surface area contributed by atoms with E-state index in [1.807, 2.05) is 44.2 Å². The molecule has 3 rings (SSSR count). The van der Waals surface area contributed by atoms with Crippen LogP contribution in [0.4, 0.5) is 4.79 Å². The van der Waals surface area contributed by atoms with Gasteiger partial charge in [-0.2, -0.15) is 0 Å². The Morgan fingerprint density at radius 2 is 1.88 bits per heavy atom. The lowest BCUT2D eigenvalue weighted by atomic mass is 10.1. The van der Waals surface area contributed by atoms with Crippen molar-refractivity contribution in [3.63, 3.8) is 0 Å².